The summed E-state index contributed by atoms with van der Waals surface area (Å²) in [4.78, 5) is 29.7. The first kappa shape index (κ1) is 20.0. The van der Waals surface area contributed by atoms with Gasteiger partial charge < -0.3 is 15.2 Å². The summed E-state index contributed by atoms with van der Waals surface area (Å²) in [5, 5.41) is 12.3. The monoisotopic (exact) mass is 447 g/mol. The van der Waals surface area contributed by atoms with Crippen LogP contribution < -0.4 is 15.1 Å². The van der Waals surface area contributed by atoms with Crippen molar-refractivity contribution in [2.75, 3.05) is 28.2 Å². The number of urea groups is 1. The normalized spacial score (nSPS) is 16.1. The average molecular weight is 448 g/mol. The van der Waals surface area contributed by atoms with Crippen molar-refractivity contribution in [1.82, 2.24) is 15.0 Å². The number of hydrogen-bond donors (Lipinski definition) is 2. The van der Waals surface area contributed by atoms with Crippen molar-refractivity contribution in [2.45, 2.75) is 12.5 Å². The highest BCUT2D eigenvalue weighted by molar-refractivity contribution is 6.05. The number of fused-ring (bicyclic) bond motifs is 4. The molecule has 0 saturated carbocycles. The fourth-order valence-corrected chi connectivity index (χ4v) is 4.74. The number of nitrogens with zero attached hydrogens (tertiary/aromatic N) is 5. The van der Waals surface area contributed by atoms with Gasteiger partial charge in [0.2, 0.25) is 0 Å². The molecule has 6 rings (SSSR count). The third-order valence-electron chi connectivity index (χ3n) is 6.38. The van der Waals surface area contributed by atoms with Crippen LogP contribution in [0.25, 0.3) is 22.5 Å². The third kappa shape index (κ3) is 3.44. The zero-order chi connectivity index (χ0) is 23.1. The highest BCUT2D eigenvalue weighted by atomic mass is 16.2. The van der Waals surface area contributed by atoms with Gasteiger partial charge in [0.05, 0.1) is 47.3 Å². The van der Waals surface area contributed by atoms with Crippen molar-refractivity contribution in [3.63, 3.8) is 0 Å². The number of hydrogen-bond acceptors (Lipinski definition) is 5. The Hall–Kier alpha value is -4.64. The first-order valence-electron chi connectivity index (χ1n) is 11.2. The maximum absolute atomic E-state index is 13.6. The third-order valence-corrected chi connectivity index (χ3v) is 6.38. The molecule has 2 amide bonds. The van der Waals surface area contributed by atoms with Crippen molar-refractivity contribution in [3.8, 4) is 28.6 Å². The topological polar surface area (TPSA) is 101 Å². The van der Waals surface area contributed by atoms with E-state index in [1.807, 2.05) is 54.6 Å². The molecule has 0 radical (unpaired) electrons. The summed E-state index contributed by atoms with van der Waals surface area (Å²) in [6.45, 7) is 1.68. The summed E-state index contributed by atoms with van der Waals surface area (Å²) in [5.74, 6) is 0.649. The largest absolute Gasteiger partial charge is 0.366 e. The highest BCUT2D eigenvalue weighted by Crippen LogP contribution is 2.40. The van der Waals surface area contributed by atoms with Crippen LogP contribution >= 0.6 is 0 Å². The van der Waals surface area contributed by atoms with Crippen LogP contribution in [0, 0.1) is 11.3 Å². The molecule has 2 aliphatic heterocycles. The van der Waals surface area contributed by atoms with Gasteiger partial charge in [-0.15, -0.1) is 0 Å². The predicted molar refractivity (Wildman–Crippen MR) is 131 cm³/mol. The molecule has 0 spiro atoms. The van der Waals surface area contributed by atoms with Crippen molar-refractivity contribution in [2.24, 2.45) is 0 Å². The van der Waals surface area contributed by atoms with Gasteiger partial charge in [-0.1, -0.05) is 24.3 Å². The van der Waals surface area contributed by atoms with Gasteiger partial charge in [-0.25, -0.2) is 14.8 Å². The minimum atomic E-state index is -0.204. The van der Waals surface area contributed by atoms with E-state index in [4.69, 9.17) is 4.98 Å². The summed E-state index contributed by atoms with van der Waals surface area (Å²) < 4.78 is 0. The van der Waals surface area contributed by atoms with Crippen molar-refractivity contribution in [1.29, 1.82) is 5.26 Å². The minimum Gasteiger partial charge on any atom is -0.366 e. The number of aromatic nitrogens is 3. The summed E-state index contributed by atoms with van der Waals surface area (Å²) >= 11 is 0. The number of amides is 2. The van der Waals surface area contributed by atoms with E-state index in [0.29, 0.717) is 17.1 Å². The second-order valence-corrected chi connectivity index (χ2v) is 8.47. The second-order valence-electron chi connectivity index (χ2n) is 8.47. The van der Waals surface area contributed by atoms with Gasteiger partial charge in [0, 0.05) is 29.9 Å². The van der Waals surface area contributed by atoms with E-state index in [1.165, 1.54) is 0 Å². The number of rotatable bonds is 3. The SMILES string of the molecule is N#Cc1cccc(-c2ccc3c(n2)N(C(=O)Nc2cccc(-c4cnc[nH]4)c2)[C@H]2CCN3C2)c1. The fourth-order valence-electron chi connectivity index (χ4n) is 4.74. The van der Waals surface area contributed by atoms with Crippen LogP contribution in [-0.2, 0) is 0 Å². The van der Waals surface area contributed by atoms with E-state index in [2.05, 4.69) is 26.3 Å². The molecule has 0 aliphatic carbocycles. The maximum atomic E-state index is 13.6. The summed E-state index contributed by atoms with van der Waals surface area (Å²) in [7, 11) is 0. The van der Waals surface area contributed by atoms with Crippen molar-refractivity contribution in [3.05, 3.63) is 78.8 Å². The zero-order valence-electron chi connectivity index (χ0n) is 18.3. The summed E-state index contributed by atoms with van der Waals surface area (Å²) in [5.41, 5.74) is 5.65. The van der Waals surface area contributed by atoms with E-state index in [9.17, 15) is 10.1 Å². The lowest BCUT2D eigenvalue weighted by molar-refractivity contribution is 0.255. The van der Waals surface area contributed by atoms with Crippen LogP contribution in [0.4, 0.5) is 22.0 Å². The number of nitrogens with one attached hydrogen (secondary N) is 2. The van der Waals surface area contributed by atoms with Crippen LogP contribution in [0.2, 0.25) is 0 Å². The Morgan fingerprint density at radius 3 is 2.85 bits per heavy atom. The first-order valence-corrected chi connectivity index (χ1v) is 11.2. The molecule has 4 heterocycles. The first-order chi connectivity index (χ1) is 16.7. The van der Waals surface area contributed by atoms with Gasteiger partial charge in [-0.3, -0.25) is 4.90 Å². The Labute approximate surface area is 196 Å². The van der Waals surface area contributed by atoms with Gasteiger partial charge >= 0.3 is 6.03 Å². The summed E-state index contributed by atoms with van der Waals surface area (Å²) in [6.07, 6.45) is 4.27. The lowest BCUT2D eigenvalue weighted by atomic mass is 10.1. The highest BCUT2D eigenvalue weighted by Gasteiger charge is 2.40. The van der Waals surface area contributed by atoms with Gasteiger partial charge in [0.1, 0.15) is 0 Å². The van der Waals surface area contributed by atoms with Gasteiger partial charge in [-0.2, -0.15) is 5.26 Å². The molecule has 0 unspecified atom stereocenters. The van der Waals surface area contributed by atoms with E-state index < -0.39 is 0 Å². The van der Waals surface area contributed by atoms with E-state index in [1.54, 1.807) is 23.5 Å². The predicted octanol–water partition coefficient (Wildman–Crippen LogP) is 4.64. The van der Waals surface area contributed by atoms with Crippen LogP contribution in [-0.4, -0.2) is 40.1 Å². The summed E-state index contributed by atoms with van der Waals surface area (Å²) in [6, 6.07) is 21.0. The quantitative estimate of drug-likeness (QED) is 0.476. The van der Waals surface area contributed by atoms with Gasteiger partial charge in [0.15, 0.2) is 5.82 Å². The van der Waals surface area contributed by atoms with Crippen LogP contribution in [0.3, 0.4) is 0 Å². The molecule has 2 aliphatic rings. The number of carbonyl (C=O) groups excluding carboxylic acids is 1. The van der Waals surface area contributed by atoms with Crippen molar-refractivity contribution < 1.29 is 4.79 Å². The molecule has 2 aromatic carbocycles. The molecule has 1 fully saturated rings. The molecular formula is C26H21N7O. The smallest absolute Gasteiger partial charge is 0.327 e. The Morgan fingerprint density at radius 1 is 1.12 bits per heavy atom. The number of anilines is 3. The Morgan fingerprint density at radius 2 is 2.00 bits per heavy atom. The number of imidazole rings is 1. The lowest BCUT2D eigenvalue weighted by Gasteiger charge is -2.36. The number of aromatic amines is 1. The number of nitriles is 1. The number of benzene rings is 2. The molecular weight excluding hydrogens is 426 g/mol. The minimum absolute atomic E-state index is 0.0523. The number of H-pyrrole nitrogens is 1. The van der Waals surface area contributed by atoms with Gasteiger partial charge in [-0.05, 0) is 42.8 Å². The molecule has 4 aromatic rings. The molecule has 2 aromatic heterocycles. The van der Waals surface area contributed by atoms with Crippen molar-refractivity contribution >= 4 is 23.2 Å². The van der Waals surface area contributed by atoms with E-state index in [-0.39, 0.29) is 12.1 Å². The average Bonchev–Trinajstić information content (AvgIpc) is 3.56. The molecule has 1 saturated heterocycles. The molecule has 1 atom stereocenters. The molecule has 2 N–H and O–H groups in total. The molecule has 166 valence electrons. The number of carbonyl (C=O) groups is 1. The standard InChI is InChI=1S/C26H21N7O/c27-13-17-3-1-4-18(11-17)22-7-8-24-25(31-22)33(21-9-10-32(24)15-21)26(34)30-20-6-2-5-19(12-20)23-14-28-16-29-23/h1-8,11-12,14,16,21H,9-10,15H2,(H,28,29)(H,30,34)/t21-/m0/s1. The lowest BCUT2D eigenvalue weighted by Crippen LogP contribution is -2.48. The van der Waals surface area contributed by atoms with Gasteiger partial charge in [0.25, 0.3) is 0 Å². The van der Waals surface area contributed by atoms with Crippen LogP contribution in [0.5, 0.6) is 0 Å². The number of pyridine rings is 1. The van der Waals surface area contributed by atoms with E-state index in [0.717, 1.165) is 47.7 Å². The molecule has 34 heavy (non-hydrogen) atoms. The van der Waals surface area contributed by atoms with Crippen LogP contribution in [0.1, 0.15) is 12.0 Å². The Kier molecular flexibility index (Phi) is 4.73. The Balaban J connectivity index is 1.35. The maximum Gasteiger partial charge on any atom is 0.327 e. The Bertz CT molecular complexity index is 1420. The molecule has 8 heteroatoms. The molecule has 8 nitrogen and oxygen atoms in total. The second kappa shape index (κ2) is 8.05. The zero-order valence-corrected chi connectivity index (χ0v) is 18.3. The van der Waals surface area contributed by atoms with Crippen LogP contribution in [0.15, 0.2) is 73.2 Å². The fraction of sp³-hybridized carbons (Fsp3) is 0.154. The van der Waals surface area contributed by atoms with E-state index >= 15 is 0 Å². The molecule has 2 bridgehead atoms.